The first-order valence-electron chi connectivity index (χ1n) is 9.12. The number of allylic oxidation sites excluding steroid dienone is 2. The second-order valence-electron chi connectivity index (χ2n) is 8.25. The summed E-state index contributed by atoms with van der Waals surface area (Å²) in [5, 5.41) is 3.16. The number of nitrogens with one attached hydrogen (secondary N) is 1. The molecule has 0 radical (unpaired) electrons. The number of carbonyl (C=O) groups excluding carboxylic acids is 1. The minimum absolute atomic E-state index is 0.0603. The first-order valence-corrected chi connectivity index (χ1v) is 9.12. The molecular formula is C21H30N2O. The van der Waals surface area contributed by atoms with Crippen molar-refractivity contribution in [1.29, 1.82) is 0 Å². The molecule has 1 aromatic carbocycles. The van der Waals surface area contributed by atoms with Gasteiger partial charge in [-0.15, -0.1) is 0 Å². The Balaban J connectivity index is 1.70. The lowest BCUT2D eigenvalue weighted by atomic mass is 10.1. The summed E-state index contributed by atoms with van der Waals surface area (Å²) in [5.41, 5.74) is 4.71. The van der Waals surface area contributed by atoms with Crippen molar-refractivity contribution in [3.63, 3.8) is 0 Å². The summed E-state index contributed by atoms with van der Waals surface area (Å²) in [6.45, 7) is 12.9. The third kappa shape index (κ3) is 3.22. The Morgan fingerprint density at radius 1 is 1.25 bits per heavy atom. The second-order valence-corrected chi connectivity index (χ2v) is 8.25. The summed E-state index contributed by atoms with van der Waals surface area (Å²) in [6, 6.07) is 6.40. The fourth-order valence-corrected chi connectivity index (χ4v) is 4.02. The Morgan fingerprint density at radius 3 is 2.50 bits per heavy atom. The van der Waals surface area contributed by atoms with Gasteiger partial charge in [-0.05, 0) is 68.7 Å². The van der Waals surface area contributed by atoms with E-state index in [0.29, 0.717) is 5.92 Å². The smallest absolute Gasteiger partial charge is 0.228 e. The third-order valence-electron chi connectivity index (χ3n) is 5.65. The van der Waals surface area contributed by atoms with Crippen molar-refractivity contribution in [3.8, 4) is 0 Å². The Bertz CT molecular complexity index is 664. The van der Waals surface area contributed by atoms with Crippen LogP contribution in [0.15, 0.2) is 29.8 Å². The van der Waals surface area contributed by atoms with Crippen LogP contribution in [0.4, 0.5) is 11.4 Å². The van der Waals surface area contributed by atoms with Crippen molar-refractivity contribution in [3.05, 3.63) is 35.4 Å². The largest absolute Gasteiger partial charge is 0.372 e. The molecule has 2 aliphatic rings. The van der Waals surface area contributed by atoms with E-state index in [0.717, 1.165) is 24.3 Å². The topological polar surface area (TPSA) is 32.3 Å². The molecule has 1 heterocycles. The van der Waals surface area contributed by atoms with Crippen LogP contribution >= 0.6 is 0 Å². The highest BCUT2D eigenvalue weighted by Crippen LogP contribution is 2.59. The number of aryl methyl sites for hydroxylation is 1. The fourth-order valence-electron chi connectivity index (χ4n) is 4.02. The second kappa shape index (κ2) is 6.27. The lowest BCUT2D eigenvalue weighted by Crippen LogP contribution is -2.19. The predicted octanol–water partition coefficient (Wildman–Crippen LogP) is 4.77. The van der Waals surface area contributed by atoms with E-state index < -0.39 is 0 Å². The highest BCUT2D eigenvalue weighted by molar-refractivity contribution is 5.96. The van der Waals surface area contributed by atoms with E-state index in [1.165, 1.54) is 24.1 Å². The molecule has 1 saturated carbocycles. The van der Waals surface area contributed by atoms with E-state index in [1.54, 1.807) is 0 Å². The molecule has 1 aromatic rings. The zero-order chi connectivity index (χ0) is 17.5. The van der Waals surface area contributed by atoms with Crippen LogP contribution in [-0.2, 0) is 4.79 Å². The van der Waals surface area contributed by atoms with Crippen molar-refractivity contribution < 1.29 is 4.79 Å². The van der Waals surface area contributed by atoms with Gasteiger partial charge in [0, 0.05) is 24.5 Å². The van der Waals surface area contributed by atoms with Gasteiger partial charge in [-0.1, -0.05) is 25.5 Å². The number of hydrogen-bond donors (Lipinski definition) is 1. The van der Waals surface area contributed by atoms with E-state index >= 15 is 0 Å². The molecule has 1 amide bonds. The molecule has 0 bridgehead atoms. The third-order valence-corrected chi connectivity index (χ3v) is 5.65. The van der Waals surface area contributed by atoms with Gasteiger partial charge in [0.2, 0.25) is 5.91 Å². The Kier molecular flexibility index (Phi) is 4.46. The first-order chi connectivity index (χ1) is 11.3. The zero-order valence-electron chi connectivity index (χ0n) is 15.6. The summed E-state index contributed by atoms with van der Waals surface area (Å²) >= 11 is 0. The van der Waals surface area contributed by atoms with Gasteiger partial charge in [0.1, 0.15) is 0 Å². The molecule has 1 aliphatic heterocycles. The van der Waals surface area contributed by atoms with E-state index in [9.17, 15) is 4.79 Å². The molecule has 0 spiro atoms. The van der Waals surface area contributed by atoms with Gasteiger partial charge in [-0.2, -0.15) is 0 Å². The van der Waals surface area contributed by atoms with E-state index in [-0.39, 0.29) is 17.2 Å². The van der Waals surface area contributed by atoms with Crippen molar-refractivity contribution in [2.24, 2.45) is 17.3 Å². The van der Waals surface area contributed by atoms with Crippen molar-refractivity contribution >= 4 is 17.3 Å². The molecule has 2 atom stereocenters. The summed E-state index contributed by atoms with van der Waals surface area (Å²) < 4.78 is 0. The van der Waals surface area contributed by atoms with Crippen LogP contribution in [-0.4, -0.2) is 19.0 Å². The molecule has 3 rings (SSSR count). The van der Waals surface area contributed by atoms with Crippen LogP contribution in [0.3, 0.4) is 0 Å². The van der Waals surface area contributed by atoms with Gasteiger partial charge >= 0.3 is 0 Å². The van der Waals surface area contributed by atoms with Gasteiger partial charge in [0.15, 0.2) is 0 Å². The SMILES string of the molecule is CC(C)=CC1C(C(=O)Nc2ccc(N3CCCC3)cc2C)C1(C)C. The molecular weight excluding hydrogens is 296 g/mol. The number of amides is 1. The standard InChI is InChI=1S/C21H30N2O/c1-14(2)12-17-19(21(17,4)5)20(24)22-18-9-8-16(13-15(18)3)23-10-6-7-11-23/h8-9,12-13,17,19H,6-7,10-11H2,1-5H3,(H,22,24). The molecule has 130 valence electrons. The number of hydrogen-bond acceptors (Lipinski definition) is 2. The summed E-state index contributed by atoms with van der Waals surface area (Å²) in [5.74, 6) is 0.580. The molecule has 1 saturated heterocycles. The monoisotopic (exact) mass is 326 g/mol. The summed E-state index contributed by atoms with van der Waals surface area (Å²) in [4.78, 5) is 15.1. The number of carbonyl (C=O) groups is 1. The number of anilines is 2. The number of nitrogens with zero attached hydrogens (tertiary/aromatic N) is 1. The fraction of sp³-hybridized carbons (Fsp3) is 0.571. The van der Waals surface area contributed by atoms with Gasteiger partial charge in [0.25, 0.3) is 0 Å². The summed E-state index contributed by atoms with van der Waals surface area (Å²) in [7, 11) is 0. The molecule has 1 aliphatic carbocycles. The lowest BCUT2D eigenvalue weighted by molar-refractivity contribution is -0.118. The van der Waals surface area contributed by atoms with E-state index in [4.69, 9.17) is 0 Å². The van der Waals surface area contributed by atoms with Crippen LogP contribution in [0.25, 0.3) is 0 Å². The molecule has 2 unspecified atom stereocenters. The molecule has 3 heteroatoms. The van der Waals surface area contributed by atoms with E-state index in [2.05, 4.69) is 69.1 Å². The van der Waals surface area contributed by atoms with Crippen molar-refractivity contribution in [1.82, 2.24) is 0 Å². The van der Waals surface area contributed by atoms with Gasteiger partial charge in [-0.3, -0.25) is 4.79 Å². The summed E-state index contributed by atoms with van der Waals surface area (Å²) in [6.07, 6.45) is 4.80. The maximum Gasteiger partial charge on any atom is 0.228 e. The Labute approximate surface area is 146 Å². The zero-order valence-corrected chi connectivity index (χ0v) is 15.6. The number of rotatable bonds is 4. The van der Waals surface area contributed by atoms with Gasteiger partial charge in [0.05, 0.1) is 5.92 Å². The average Bonchev–Trinajstić information content (AvgIpc) is 2.90. The highest BCUT2D eigenvalue weighted by Gasteiger charge is 2.60. The molecule has 24 heavy (non-hydrogen) atoms. The normalized spacial score (nSPS) is 24.6. The quantitative estimate of drug-likeness (QED) is 0.808. The Morgan fingerprint density at radius 2 is 1.92 bits per heavy atom. The van der Waals surface area contributed by atoms with Crippen LogP contribution < -0.4 is 10.2 Å². The molecule has 1 N–H and O–H groups in total. The minimum atomic E-state index is 0.0603. The minimum Gasteiger partial charge on any atom is -0.372 e. The van der Waals surface area contributed by atoms with Gasteiger partial charge in [-0.25, -0.2) is 0 Å². The van der Waals surface area contributed by atoms with Gasteiger partial charge < -0.3 is 10.2 Å². The Hall–Kier alpha value is -1.77. The maximum atomic E-state index is 12.7. The van der Waals surface area contributed by atoms with Crippen LogP contribution in [0.2, 0.25) is 0 Å². The van der Waals surface area contributed by atoms with Crippen LogP contribution in [0.1, 0.15) is 46.1 Å². The molecule has 0 aromatic heterocycles. The predicted molar refractivity (Wildman–Crippen MR) is 101 cm³/mol. The maximum absolute atomic E-state index is 12.7. The van der Waals surface area contributed by atoms with Crippen molar-refractivity contribution in [2.45, 2.75) is 47.5 Å². The van der Waals surface area contributed by atoms with Crippen LogP contribution in [0, 0.1) is 24.2 Å². The van der Waals surface area contributed by atoms with Crippen molar-refractivity contribution in [2.75, 3.05) is 23.3 Å². The highest BCUT2D eigenvalue weighted by atomic mass is 16.2. The first kappa shape index (κ1) is 17.1. The van der Waals surface area contributed by atoms with Crippen LogP contribution in [0.5, 0.6) is 0 Å². The van der Waals surface area contributed by atoms with E-state index in [1.807, 2.05) is 0 Å². The average molecular weight is 326 g/mol. The number of benzene rings is 1. The molecule has 2 fully saturated rings. The lowest BCUT2D eigenvalue weighted by Gasteiger charge is -2.19. The molecule has 3 nitrogen and oxygen atoms in total.